The van der Waals surface area contributed by atoms with Gasteiger partial charge in [-0.2, -0.15) is 0 Å². The highest BCUT2D eigenvalue weighted by atomic mass is 16.5. The number of oxime groups is 1. The maximum Gasteiger partial charge on any atom is 0.191 e. The Morgan fingerprint density at radius 2 is 1.79 bits per heavy atom. The quantitative estimate of drug-likeness (QED) is 0.274. The highest BCUT2D eigenvalue weighted by Crippen LogP contribution is 2.46. The molecule has 0 aromatic heterocycles. The van der Waals surface area contributed by atoms with Crippen LogP contribution in [0, 0.1) is 0 Å². The summed E-state index contributed by atoms with van der Waals surface area (Å²) in [6.45, 7) is 0. The molecule has 0 radical (unpaired) electrons. The first-order chi connectivity index (χ1) is 14.0. The summed E-state index contributed by atoms with van der Waals surface area (Å²) in [5, 5.41) is 14.5. The van der Waals surface area contributed by atoms with Gasteiger partial charge in [0.15, 0.2) is 5.88 Å². The smallest absolute Gasteiger partial charge is 0.191 e. The van der Waals surface area contributed by atoms with Crippen molar-refractivity contribution in [2.75, 3.05) is 19.0 Å². The Bertz CT molecular complexity index is 1120. The molecule has 1 aliphatic rings. The van der Waals surface area contributed by atoms with Gasteiger partial charge in [0.1, 0.15) is 11.6 Å². The molecule has 0 saturated heterocycles. The predicted octanol–water partition coefficient (Wildman–Crippen LogP) is 3.74. The standard InChI is InChI=1S/C23H24N4O2/c1-27(2)16-10-7-15(8-11-16)21-18(13-20(24)26-28)23(25)29-19-12-9-14-5-3-4-6-17(14)22(19)21/h3-12,21,28H,13,25H2,1-2H3,(H2,24,26). The van der Waals surface area contributed by atoms with E-state index in [1.807, 2.05) is 38.4 Å². The lowest BCUT2D eigenvalue weighted by Gasteiger charge is -2.31. The Balaban J connectivity index is 1.95. The summed E-state index contributed by atoms with van der Waals surface area (Å²) in [4.78, 5) is 2.05. The van der Waals surface area contributed by atoms with E-state index >= 15 is 0 Å². The SMILES string of the molecule is CN(C)c1ccc(C2C(C/C(N)=N\O)=C(N)Oc3ccc4ccccc4c32)cc1. The Morgan fingerprint density at radius 1 is 1.07 bits per heavy atom. The summed E-state index contributed by atoms with van der Waals surface area (Å²) in [6, 6.07) is 20.5. The fourth-order valence-electron chi connectivity index (χ4n) is 3.92. The third kappa shape index (κ3) is 3.33. The molecule has 0 spiro atoms. The summed E-state index contributed by atoms with van der Waals surface area (Å²) in [5.74, 6) is 0.943. The number of nitrogens with zero attached hydrogens (tertiary/aromatic N) is 2. The van der Waals surface area contributed by atoms with Crippen LogP contribution in [0.15, 0.2) is 77.3 Å². The van der Waals surface area contributed by atoms with Crippen LogP contribution in [0.5, 0.6) is 5.75 Å². The molecule has 3 aromatic rings. The van der Waals surface area contributed by atoms with Crippen LogP contribution >= 0.6 is 0 Å². The molecule has 6 nitrogen and oxygen atoms in total. The van der Waals surface area contributed by atoms with E-state index in [2.05, 4.69) is 46.5 Å². The van der Waals surface area contributed by atoms with Crippen LogP contribution in [-0.2, 0) is 0 Å². The van der Waals surface area contributed by atoms with Crippen molar-refractivity contribution in [1.82, 2.24) is 0 Å². The van der Waals surface area contributed by atoms with Crippen LogP contribution in [-0.4, -0.2) is 25.1 Å². The third-order valence-electron chi connectivity index (χ3n) is 5.35. The van der Waals surface area contributed by atoms with Gasteiger partial charge in [-0.3, -0.25) is 0 Å². The lowest BCUT2D eigenvalue weighted by atomic mass is 9.79. The van der Waals surface area contributed by atoms with Gasteiger partial charge in [-0.1, -0.05) is 47.6 Å². The van der Waals surface area contributed by atoms with Gasteiger partial charge in [-0.25, -0.2) is 0 Å². The van der Waals surface area contributed by atoms with Gasteiger partial charge in [0.25, 0.3) is 0 Å². The van der Waals surface area contributed by atoms with Gasteiger partial charge in [-0.05, 0) is 34.5 Å². The monoisotopic (exact) mass is 388 g/mol. The molecule has 29 heavy (non-hydrogen) atoms. The number of ether oxygens (including phenoxy) is 1. The molecule has 1 heterocycles. The molecule has 148 valence electrons. The molecule has 0 bridgehead atoms. The first-order valence-corrected chi connectivity index (χ1v) is 9.41. The van der Waals surface area contributed by atoms with E-state index in [4.69, 9.17) is 21.4 Å². The van der Waals surface area contributed by atoms with Crippen molar-refractivity contribution in [2.24, 2.45) is 16.6 Å². The van der Waals surface area contributed by atoms with E-state index in [-0.39, 0.29) is 18.2 Å². The molecule has 6 heteroatoms. The van der Waals surface area contributed by atoms with E-state index in [0.29, 0.717) is 5.88 Å². The van der Waals surface area contributed by atoms with Crippen molar-refractivity contribution >= 4 is 22.3 Å². The largest absolute Gasteiger partial charge is 0.441 e. The molecule has 1 unspecified atom stereocenters. The average Bonchev–Trinajstić information content (AvgIpc) is 2.74. The van der Waals surface area contributed by atoms with Crippen LogP contribution in [0.3, 0.4) is 0 Å². The normalized spacial score (nSPS) is 16.5. The van der Waals surface area contributed by atoms with Crippen LogP contribution in [0.25, 0.3) is 10.8 Å². The second-order valence-electron chi connectivity index (χ2n) is 7.38. The minimum absolute atomic E-state index is 0.0881. The van der Waals surface area contributed by atoms with E-state index in [9.17, 15) is 0 Å². The Morgan fingerprint density at radius 3 is 2.48 bits per heavy atom. The first-order valence-electron chi connectivity index (χ1n) is 9.41. The minimum atomic E-state index is -0.165. The lowest BCUT2D eigenvalue weighted by Crippen LogP contribution is -2.25. The van der Waals surface area contributed by atoms with Crippen molar-refractivity contribution in [3.8, 4) is 5.75 Å². The summed E-state index contributed by atoms with van der Waals surface area (Å²) in [7, 11) is 4.02. The summed E-state index contributed by atoms with van der Waals surface area (Å²) in [6.07, 6.45) is 0.213. The second-order valence-corrected chi connectivity index (χ2v) is 7.38. The summed E-state index contributed by atoms with van der Waals surface area (Å²) in [5.41, 5.74) is 16.1. The Labute approximate surface area is 169 Å². The number of hydrogen-bond donors (Lipinski definition) is 3. The fourth-order valence-corrected chi connectivity index (χ4v) is 3.92. The average molecular weight is 388 g/mol. The molecule has 0 fully saturated rings. The molecule has 0 aliphatic carbocycles. The second kappa shape index (κ2) is 7.39. The summed E-state index contributed by atoms with van der Waals surface area (Å²) >= 11 is 0. The maximum absolute atomic E-state index is 9.13. The highest BCUT2D eigenvalue weighted by Gasteiger charge is 2.32. The molecule has 1 aliphatic heterocycles. The molecule has 1 atom stereocenters. The zero-order chi connectivity index (χ0) is 20.5. The van der Waals surface area contributed by atoms with Crippen LogP contribution in [0.1, 0.15) is 23.5 Å². The van der Waals surface area contributed by atoms with Gasteiger partial charge >= 0.3 is 0 Å². The minimum Gasteiger partial charge on any atom is -0.441 e. The van der Waals surface area contributed by atoms with Gasteiger partial charge in [0, 0.05) is 43.3 Å². The number of rotatable bonds is 4. The van der Waals surface area contributed by atoms with Crippen molar-refractivity contribution in [2.45, 2.75) is 12.3 Å². The number of amidine groups is 1. The van der Waals surface area contributed by atoms with Gasteiger partial charge in [0.05, 0.1) is 0 Å². The number of fused-ring (bicyclic) bond motifs is 3. The van der Waals surface area contributed by atoms with Crippen molar-refractivity contribution in [3.05, 3.63) is 83.2 Å². The zero-order valence-corrected chi connectivity index (χ0v) is 16.5. The van der Waals surface area contributed by atoms with E-state index < -0.39 is 0 Å². The van der Waals surface area contributed by atoms with E-state index in [1.54, 1.807) is 0 Å². The van der Waals surface area contributed by atoms with E-state index in [1.165, 1.54) is 0 Å². The Kier molecular flexibility index (Phi) is 4.76. The molecule has 3 aromatic carbocycles. The van der Waals surface area contributed by atoms with Gasteiger partial charge in [0.2, 0.25) is 0 Å². The number of hydrogen-bond acceptors (Lipinski definition) is 5. The lowest BCUT2D eigenvalue weighted by molar-refractivity contribution is 0.317. The van der Waals surface area contributed by atoms with Gasteiger partial charge < -0.3 is 26.3 Å². The Hall–Kier alpha value is -3.67. The molecule has 4 rings (SSSR count). The first kappa shape index (κ1) is 18.7. The molecular weight excluding hydrogens is 364 g/mol. The van der Waals surface area contributed by atoms with Crippen molar-refractivity contribution < 1.29 is 9.94 Å². The predicted molar refractivity (Wildman–Crippen MR) is 116 cm³/mol. The van der Waals surface area contributed by atoms with Crippen molar-refractivity contribution in [3.63, 3.8) is 0 Å². The van der Waals surface area contributed by atoms with Crippen molar-refractivity contribution in [1.29, 1.82) is 0 Å². The van der Waals surface area contributed by atoms with E-state index in [0.717, 1.165) is 38.9 Å². The molecular formula is C23H24N4O2. The zero-order valence-electron chi connectivity index (χ0n) is 16.5. The van der Waals surface area contributed by atoms with Crippen LogP contribution in [0.2, 0.25) is 0 Å². The molecule has 0 saturated carbocycles. The van der Waals surface area contributed by atoms with Crippen LogP contribution < -0.4 is 21.1 Å². The number of nitrogens with two attached hydrogens (primary N) is 2. The highest BCUT2D eigenvalue weighted by molar-refractivity contribution is 5.91. The number of benzene rings is 3. The van der Waals surface area contributed by atoms with Crippen LogP contribution in [0.4, 0.5) is 5.69 Å². The fraction of sp³-hybridized carbons (Fsp3) is 0.174. The molecule has 0 amide bonds. The topological polar surface area (TPSA) is 97.1 Å². The van der Waals surface area contributed by atoms with Gasteiger partial charge in [-0.15, -0.1) is 0 Å². The number of anilines is 1. The third-order valence-corrected chi connectivity index (χ3v) is 5.35. The maximum atomic E-state index is 9.13. The summed E-state index contributed by atoms with van der Waals surface area (Å²) < 4.78 is 5.97. The molecule has 5 N–H and O–H groups in total.